The Morgan fingerprint density at radius 3 is 2.56 bits per heavy atom. The van der Waals surface area contributed by atoms with E-state index in [1.165, 1.54) is 0 Å². The van der Waals surface area contributed by atoms with Crippen molar-refractivity contribution in [3.05, 3.63) is 83.9 Å². The van der Waals surface area contributed by atoms with Gasteiger partial charge in [-0.3, -0.25) is 14.5 Å². The van der Waals surface area contributed by atoms with Crippen molar-refractivity contribution in [1.82, 2.24) is 0 Å². The average Bonchev–Trinajstić information content (AvgIpc) is 3.21. The summed E-state index contributed by atoms with van der Waals surface area (Å²) in [4.78, 5) is 27.3. The van der Waals surface area contributed by atoms with Gasteiger partial charge in [0.15, 0.2) is 11.5 Å². The third kappa shape index (κ3) is 4.16. The van der Waals surface area contributed by atoms with Gasteiger partial charge in [-0.15, -0.1) is 11.8 Å². The van der Waals surface area contributed by atoms with Crippen molar-refractivity contribution in [3.63, 3.8) is 0 Å². The third-order valence-corrected chi connectivity index (χ3v) is 6.57. The Balaban J connectivity index is 1.41. The second-order valence-corrected chi connectivity index (χ2v) is 8.62. The van der Waals surface area contributed by atoms with Crippen molar-refractivity contribution >= 4 is 35.0 Å². The monoisotopic (exact) mass is 446 g/mol. The molecule has 5 rings (SSSR count). The number of benzene rings is 3. The fourth-order valence-corrected chi connectivity index (χ4v) is 5.13. The molecule has 1 fully saturated rings. The molecular weight excluding hydrogens is 424 g/mol. The molecule has 2 aliphatic heterocycles. The zero-order chi connectivity index (χ0) is 21.9. The number of rotatable bonds is 5. The van der Waals surface area contributed by atoms with Gasteiger partial charge >= 0.3 is 0 Å². The molecule has 0 radical (unpaired) electrons. The molecule has 0 spiro atoms. The van der Waals surface area contributed by atoms with Gasteiger partial charge in [0.1, 0.15) is 18.6 Å². The molecular formula is C25H22N2O4S. The maximum atomic E-state index is 12.8. The van der Waals surface area contributed by atoms with Crippen LogP contribution in [0.25, 0.3) is 0 Å². The zero-order valence-corrected chi connectivity index (χ0v) is 18.1. The van der Waals surface area contributed by atoms with Crippen molar-refractivity contribution < 1.29 is 19.1 Å². The number of hydrogen-bond donors (Lipinski definition) is 1. The summed E-state index contributed by atoms with van der Waals surface area (Å²) in [6.07, 6.45) is 0.289. The number of thioether (sulfide) groups is 1. The number of hydrogen-bond acceptors (Lipinski definition) is 5. The van der Waals surface area contributed by atoms with Crippen LogP contribution in [0.4, 0.5) is 11.4 Å². The summed E-state index contributed by atoms with van der Waals surface area (Å²) in [5, 5.41) is 2.79. The Labute approximate surface area is 190 Å². The van der Waals surface area contributed by atoms with Gasteiger partial charge < -0.3 is 14.8 Å². The standard InChI is InChI=1S/C25H22N2O4S/c28-23(14-17-6-2-1-3-7-17)26-20-9-5-4-8-19(20)25-27(24(29)16-32-25)18-10-11-21-22(15-18)31-13-12-30-21/h1-11,15,25H,12-14,16H2,(H,26,28). The molecule has 0 bridgehead atoms. The number of ether oxygens (including phenoxy) is 2. The van der Waals surface area contributed by atoms with Crippen LogP contribution in [0, 0.1) is 0 Å². The maximum absolute atomic E-state index is 12.8. The number of nitrogens with one attached hydrogen (secondary N) is 1. The molecule has 162 valence electrons. The Hall–Kier alpha value is -3.45. The summed E-state index contributed by atoms with van der Waals surface area (Å²) in [7, 11) is 0. The first-order valence-corrected chi connectivity index (χ1v) is 11.5. The fraction of sp³-hybridized carbons (Fsp3) is 0.200. The van der Waals surface area contributed by atoms with E-state index in [1.54, 1.807) is 16.7 Å². The number of nitrogens with zero attached hydrogens (tertiary/aromatic N) is 1. The van der Waals surface area contributed by atoms with Crippen LogP contribution in [0.5, 0.6) is 11.5 Å². The van der Waals surface area contributed by atoms with Gasteiger partial charge in [0.05, 0.1) is 12.2 Å². The highest BCUT2D eigenvalue weighted by Gasteiger charge is 2.36. The van der Waals surface area contributed by atoms with E-state index in [4.69, 9.17) is 9.47 Å². The molecule has 1 unspecified atom stereocenters. The first-order chi connectivity index (χ1) is 15.7. The van der Waals surface area contributed by atoms with Gasteiger partial charge in [-0.05, 0) is 23.8 Å². The second kappa shape index (κ2) is 8.96. The van der Waals surface area contributed by atoms with Crippen molar-refractivity contribution in [3.8, 4) is 11.5 Å². The lowest BCUT2D eigenvalue weighted by molar-refractivity contribution is -0.116. The van der Waals surface area contributed by atoms with Crippen LogP contribution in [0.1, 0.15) is 16.5 Å². The molecule has 0 aromatic heterocycles. The van der Waals surface area contributed by atoms with Gasteiger partial charge in [0.2, 0.25) is 11.8 Å². The van der Waals surface area contributed by atoms with E-state index in [1.807, 2.05) is 72.8 Å². The van der Waals surface area contributed by atoms with Crippen LogP contribution < -0.4 is 19.7 Å². The van der Waals surface area contributed by atoms with Crippen molar-refractivity contribution in [2.75, 3.05) is 29.2 Å². The lowest BCUT2D eigenvalue weighted by Crippen LogP contribution is -2.29. The van der Waals surface area contributed by atoms with Crippen molar-refractivity contribution in [1.29, 1.82) is 0 Å². The van der Waals surface area contributed by atoms with Crippen LogP contribution in [-0.4, -0.2) is 30.8 Å². The first-order valence-electron chi connectivity index (χ1n) is 10.4. The van der Waals surface area contributed by atoms with Gasteiger partial charge in [-0.25, -0.2) is 0 Å². The fourth-order valence-electron chi connectivity index (χ4n) is 3.92. The average molecular weight is 447 g/mol. The Morgan fingerprint density at radius 2 is 1.72 bits per heavy atom. The maximum Gasteiger partial charge on any atom is 0.238 e. The van der Waals surface area contributed by atoms with Gasteiger partial charge in [-0.2, -0.15) is 0 Å². The molecule has 3 aromatic carbocycles. The molecule has 0 aliphatic carbocycles. The molecule has 1 saturated heterocycles. The predicted molar refractivity (Wildman–Crippen MR) is 125 cm³/mol. The number of amides is 2. The van der Waals surface area contributed by atoms with Crippen LogP contribution in [0.15, 0.2) is 72.8 Å². The number of para-hydroxylation sites is 1. The molecule has 1 atom stereocenters. The minimum absolute atomic E-state index is 0.0158. The first kappa shape index (κ1) is 20.5. The van der Waals surface area contributed by atoms with E-state index < -0.39 is 0 Å². The third-order valence-electron chi connectivity index (χ3n) is 5.38. The summed E-state index contributed by atoms with van der Waals surface area (Å²) in [6, 6.07) is 22.8. The molecule has 2 aliphatic rings. The molecule has 3 aromatic rings. The molecule has 2 heterocycles. The topological polar surface area (TPSA) is 67.9 Å². The minimum Gasteiger partial charge on any atom is -0.486 e. The normalized spacial score (nSPS) is 17.3. The molecule has 7 heteroatoms. The van der Waals surface area contributed by atoms with E-state index >= 15 is 0 Å². The predicted octanol–water partition coefficient (Wildman–Crippen LogP) is 4.42. The summed E-state index contributed by atoms with van der Waals surface area (Å²) in [5.41, 5.74) is 3.30. The van der Waals surface area contributed by atoms with Crippen molar-refractivity contribution in [2.45, 2.75) is 11.8 Å². The highest BCUT2D eigenvalue weighted by molar-refractivity contribution is 8.00. The summed E-state index contributed by atoms with van der Waals surface area (Å²) in [5.74, 6) is 1.61. The Kier molecular flexibility index (Phi) is 5.73. The Bertz CT molecular complexity index is 1150. The van der Waals surface area contributed by atoms with Gasteiger partial charge in [0, 0.05) is 23.0 Å². The molecule has 1 N–H and O–H groups in total. The van der Waals surface area contributed by atoms with E-state index in [-0.39, 0.29) is 23.6 Å². The van der Waals surface area contributed by atoms with Gasteiger partial charge in [0.25, 0.3) is 0 Å². The highest BCUT2D eigenvalue weighted by Crippen LogP contribution is 2.46. The van der Waals surface area contributed by atoms with Crippen LogP contribution in [0.2, 0.25) is 0 Å². The van der Waals surface area contributed by atoms with Crippen LogP contribution >= 0.6 is 11.8 Å². The van der Waals surface area contributed by atoms with Crippen LogP contribution in [0.3, 0.4) is 0 Å². The zero-order valence-electron chi connectivity index (χ0n) is 17.3. The molecule has 2 amide bonds. The molecule has 6 nitrogen and oxygen atoms in total. The Morgan fingerprint density at radius 1 is 0.969 bits per heavy atom. The summed E-state index contributed by atoms with van der Waals surface area (Å²) < 4.78 is 11.3. The summed E-state index contributed by atoms with van der Waals surface area (Å²) in [6.45, 7) is 1.00. The quantitative estimate of drug-likeness (QED) is 0.629. The van der Waals surface area contributed by atoms with E-state index in [0.717, 1.165) is 16.8 Å². The summed E-state index contributed by atoms with van der Waals surface area (Å²) >= 11 is 1.54. The number of anilines is 2. The highest BCUT2D eigenvalue weighted by atomic mass is 32.2. The largest absolute Gasteiger partial charge is 0.486 e. The number of carbonyl (C=O) groups excluding carboxylic acids is 2. The lowest BCUT2D eigenvalue weighted by atomic mass is 10.1. The molecule has 32 heavy (non-hydrogen) atoms. The van der Waals surface area contributed by atoms with E-state index in [0.29, 0.717) is 36.2 Å². The smallest absolute Gasteiger partial charge is 0.238 e. The second-order valence-electron chi connectivity index (χ2n) is 7.55. The number of carbonyl (C=O) groups is 2. The van der Waals surface area contributed by atoms with Gasteiger partial charge in [-0.1, -0.05) is 48.5 Å². The van der Waals surface area contributed by atoms with Crippen LogP contribution in [-0.2, 0) is 16.0 Å². The van der Waals surface area contributed by atoms with Crippen molar-refractivity contribution in [2.24, 2.45) is 0 Å². The number of fused-ring (bicyclic) bond motifs is 1. The van der Waals surface area contributed by atoms with E-state index in [2.05, 4.69) is 5.32 Å². The SMILES string of the molecule is O=C(Cc1ccccc1)Nc1ccccc1C1SCC(=O)N1c1ccc2c(c1)OCCO2. The molecule has 0 saturated carbocycles. The minimum atomic E-state index is -0.252. The lowest BCUT2D eigenvalue weighted by Gasteiger charge is -2.27. The van der Waals surface area contributed by atoms with E-state index in [9.17, 15) is 9.59 Å².